The van der Waals surface area contributed by atoms with Crippen molar-refractivity contribution in [3.8, 4) is 0 Å². The Labute approximate surface area is 113 Å². The van der Waals surface area contributed by atoms with Crippen LogP contribution in [0.15, 0.2) is 36.5 Å². The second-order valence-corrected chi connectivity index (χ2v) is 4.37. The normalized spacial score (nSPS) is 10.9. The summed E-state index contributed by atoms with van der Waals surface area (Å²) in [6.45, 7) is 3.82. The molecule has 1 aromatic carbocycles. The van der Waals surface area contributed by atoms with E-state index in [1.165, 1.54) is 7.11 Å². The summed E-state index contributed by atoms with van der Waals surface area (Å²) >= 11 is 0. The molecule has 0 N–H and O–H groups in total. The molecule has 4 nitrogen and oxygen atoms in total. The van der Waals surface area contributed by atoms with Crippen molar-refractivity contribution in [1.82, 2.24) is 9.88 Å². The fraction of sp³-hybridized carbons (Fsp3) is 0.333. The molecule has 0 saturated heterocycles. The summed E-state index contributed by atoms with van der Waals surface area (Å²) in [5.41, 5.74) is 2.12. The number of carbonyl (C=O) groups excluding carboxylic acids is 1. The van der Waals surface area contributed by atoms with Gasteiger partial charge >= 0.3 is 5.97 Å². The minimum absolute atomic E-state index is 0.213. The first-order valence-electron chi connectivity index (χ1n) is 6.36. The standard InChI is InChI=1S/C15H18N2O2/c1-3-17(11-14(18)19-2)10-13-7-4-6-12-8-5-9-16-15(12)13/h4-9H,3,10-11H2,1-2H3. The van der Waals surface area contributed by atoms with Crippen LogP contribution >= 0.6 is 0 Å². The Balaban J connectivity index is 2.22. The van der Waals surface area contributed by atoms with Crippen molar-refractivity contribution in [2.24, 2.45) is 0 Å². The number of hydrogen-bond donors (Lipinski definition) is 0. The molecule has 0 amide bonds. The van der Waals surface area contributed by atoms with Gasteiger partial charge in [0, 0.05) is 18.1 Å². The second kappa shape index (κ2) is 6.29. The van der Waals surface area contributed by atoms with Crippen LogP contribution in [-0.2, 0) is 16.1 Å². The van der Waals surface area contributed by atoms with E-state index < -0.39 is 0 Å². The molecule has 1 aromatic heterocycles. The van der Waals surface area contributed by atoms with Gasteiger partial charge in [-0.3, -0.25) is 14.7 Å². The van der Waals surface area contributed by atoms with Gasteiger partial charge in [-0.25, -0.2) is 0 Å². The number of nitrogens with zero attached hydrogens (tertiary/aromatic N) is 2. The summed E-state index contributed by atoms with van der Waals surface area (Å²) in [4.78, 5) is 17.8. The predicted octanol–water partition coefficient (Wildman–Crippen LogP) is 2.23. The van der Waals surface area contributed by atoms with Gasteiger partial charge in [0.15, 0.2) is 0 Å². The Morgan fingerprint density at radius 1 is 1.32 bits per heavy atom. The van der Waals surface area contributed by atoms with Gasteiger partial charge in [-0.2, -0.15) is 0 Å². The van der Waals surface area contributed by atoms with Crippen LogP contribution in [0.4, 0.5) is 0 Å². The molecule has 0 radical (unpaired) electrons. The van der Waals surface area contributed by atoms with Crippen molar-refractivity contribution >= 4 is 16.9 Å². The second-order valence-electron chi connectivity index (χ2n) is 4.37. The lowest BCUT2D eigenvalue weighted by Crippen LogP contribution is -2.30. The van der Waals surface area contributed by atoms with E-state index in [0.717, 1.165) is 23.0 Å². The number of rotatable bonds is 5. The fourth-order valence-electron chi connectivity index (χ4n) is 2.06. The molecular formula is C15H18N2O2. The fourth-order valence-corrected chi connectivity index (χ4v) is 2.06. The van der Waals surface area contributed by atoms with Crippen LogP contribution < -0.4 is 0 Å². The van der Waals surface area contributed by atoms with E-state index in [1.807, 2.05) is 36.1 Å². The van der Waals surface area contributed by atoms with Crippen LogP contribution in [0.1, 0.15) is 12.5 Å². The molecule has 0 aliphatic carbocycles. The van der Waals surface area contributed by atoms with Gasteiger partial charge in [-0.1, -0.05) is 31.2 Å². The van der Waals surface area contributed by atoms with E-state index in [2.05, 4.69) is 11.1 Å². The first kappa shape index (κ1) is 13.5. The van der Waals surface area contributed by atoms with Crippen molar-refractivity contribution < 1.29 is 9.53 Å². The van der Waals surface area contributed by atoms with Crippen LogP contribution in [0.3, 0.4) is 0 Å². The molecule has 2 aromatic rings. The quantitative estimate of drug-likeness (QED) is 0.771. The highest BCUT2D eigenvalue weighted by molar-refractivity contribution is 5.81. The van der Waals surface area contributed by atoms with E-state index in [0.29, 0.717) is 13.1 Å². The highest BCUT2D eigenvalue weighted by Crippen LogP contribution is 2.17. The third kappa shape index (κ3) is 3.29. The number of hydrogen-bond acceptors (Lipinski definition) is 4. The zero-order valence-electron chi connectivity index (χ0n) is 11.3. The number of aromatic nitrogens is 1. The average Bonchev–Trinajstić information content (AvgIpc) is 2.46. The van der Waals surface area contributed by atoms with E-state index in [4.69, 9.17) is 4.74 Å². The molecule has 0 unspecified atom stereocenters. The molecule has 2 rings (SSSR count). The van der Waals surface area contributed by atoms with E-state index in [9.17, 15) is 4.79 Å². The maximum absolute atomic E-state index is 11.4. The van der Waals surface area contributed by atoms with Gasteiger partial charge in [0.25, 0.3) is 0 Å². The molecule has 100 valence electrons. The highest BCUT2D eigenvalue weighted by atomic mass is 16.5. The third-order valence-corrected chi connectivity index (χ3v) is 3.14. The number of esters is 1. The zero-order chi connectivity index (χ0) is 13.7. The van der Waals surface area contributed by atoms with Gasteiger partial charge in [0.05, 0.1) is 19.2 Å². The van der Waals surface area contributed by atoms with E-state index in [1.54, 1.807) is 6.20 Å². The Morgan fingerprint density at radius 3 is 2.84 bits per heavy atom. The monoisotopic (exact) mass is 258 g/mol. The number of benzene rings is 1. The minimum atomic E-state index is -0.213. The number of para-hydroxylation sites is 1. The summed E-state index contributed by atoms with van der Waals surface area (Å²) in [7, 11) is 1.41. The molecule has 0 bridgehead atoms. The number of likely N-dealkylation sites (N-methyl/N-ethyl adjacent to an activating group) is 1. The topological polar surface area (TPSA) is 42.4 Å². The number of carbonyl (C=O) groups is 1. The first-order chi connectivity index (χ1) is 9.24. The smallest absolute Gasteiger partial charge is 0.319 e. The van der Waals surface area contributed by atoms with Crippen LogP contribution in [0.2, 0.25) is 0 Å². The Hall–Kier alpha value is -1.94. The molecule has 0 saturated carbocycles. The molecule has 0 fully saturated rings. The van der Waals surface area contributed by atoms with Gasteiger partial charge in [-0.05, 0) is 18.2 Å². The molecule has 0 aliphatic rings. The lowest BCUT2D eigenvalue weighted by atomic mass is 10.1. The maximum Gasteiger partial charge on any atom is 0.319 e. The summed E-state index contributed by atoms with van der Waals surface area (Å²) in [6.07, 6.45) is 1.79. The van der Waals surface area contributed by atoms with Gasteiger partial charge in [-0.15, -0.1) is 0 Å². The number of methoxy groups -OCH3 is 1. The molecule has 0 atom stereocenters. The van der Waals surface area contributed by atoms with Crippen LogP contribution in [0, 0.1) is 0 Å². The number of ether oxygens (including phenoxy) is 1. The summed E-state index contributed by atoms with van der Waals surface area (Å²) in [6, 6.07) is 10.1. The van der Waals surface area contributed by atoms with Crippen molar-refractivity contribution in [2.45, 2.75) is 13.5 Å². The van der Waals surface area contributed by atoms with Gasteiger partial charge in [0.2, 0.25) is 0 Å². The zero-order valence-corrected chi connectivity index (χ0v) is 11.3. The van der Waals surface area contributed by atoms with Crippen molar-refractivity contribution in [2.75, 3.05) is 20.2 Å². The molecule has 0 aliphatic heterocycles. The highest BCUT2D eigenvalue weighted by Gasteiger charge is 2.11. The molecule has 1 heterocycles. The van der Waals surface area contributed by atoms with Crippen molar-refractivity contribution in [1.29, 1.82) is 0 Å². The average molecular weight is 258 g/mol. The summed E-state index contributed by atoms with van der Waals surface area (Å²) in [5, 5.41) is 1.12. The summed E-state index contributed by atoms with van der Waals surface area (Å²) < 4.78 is 4.71. The van der Waals surface area contributed by atoms with Crippen LogP contribution in [-0.4, -0.2) is 36.1 Å². The van der Waals surface area contributed by atoms with Gasteiger partial charge in [0.1, 0.15) is 0 Å². The van der Waals surface area contributed by atoms with E-state index >= 15 is 0 Å². The third-order valence-electron chi connectivity index (χ3n) is 3.14. The Bertz CT molecular complexity index is 564. The molecule has 4 heteroatoms. The number of fused-ring (bicyclic) bond motifs is 1. The lowest BCUT2D eigenvalue weighted by Gasteiger charge is -2.19. The van der Waals surface area contributed by atoms with Crippen LogP contribution in [0.5, 0.6) is 0 Å². The SMILES string of the molecule is CCN(CC(=O)OC)Cc1cccc2cccnc12. The number of pyridine rings is 1. The van der Waals surface area contributed by atoms with Crippen LogP contribution in [0.25, 0.3) is 10.9 Å². The maximum atomic E-state index is 11.4. The predicted molar refractivity (Wildman–Crippen MR) is 74.7 cm³/mol. The first-order valence-corrected chi connectivity index (χ1v) is 6.36. The largest absolute Gasteiger partial charge is 0.468 e. The van der Waals surface area contributed by atoms with Gasteiger partial charge < -0.3 is 4.74 Å². The summed E-state index contributed by atoms with van der Waals surface area (Å²) in [5.74, 6) is -0.213. The van der Waals surface area contributed by atoms with Crippen molar-refractivity contribution in [3.63, 3.8) is 0 Å². The molecule has 19 heavy (non-hydrogen) atoms. The molecule has 0 spiro atoms. The van der Waals surface area contributed by atoms with Crippen molar-refractivity contribution in [3.05, 3.63) is 42.1 Å². The molecular weight excluding hydrogens is 240 g/mol. The lowest BCUT2D eigenvalue weighted by molar-refractivity contribution is -0.142. The van der Waals surface area contributed by atoms with E-state index in [-0.39, 0.29) is 5.97 Å². The Morgan fingerprint density at radius 2 is 2.11 bits per heavy atom. The minimum Gasteiger partial charge on any atom is -0.468 e. The Kier molecular flexibility index (Phi) is 4.47.